The molecule has 6 nitrogen and oxygen atoms in total. The normalized spacial score (nSPS) is 11.9. The first-order valence-corrected chi connectivity index (χ1v) is 10.6. The summed E-state index contributed by atoms with van der Waals surface area (Å²) < 4.78 is 43.8. The Bertz CT molecular complexity index is 1120. The van der Waals surface area contributed by atoms with Gasteiger partial charge in [-0.2, -0.15) is 18.3 Å². The SMILES string of the molecule is CC(C)(Sc1ccc(C(=O)OCc2cnn(Cc3ccc(C(F)(F)F)cc3)c2)cc1)C(=O)O. The Morgan fingerprint density at radius 1 is 1.03 bits per heavy atom. The van der Waals surface area contributed by atoms with Crippen molar-refractivity contribution in [3.8, 4) is 0 Å². The Balaban J connectivity index is 1.53. The second kappa shape index (κ2) is 9.70. The lowest BCUT2D eigenvalue weighted by atomic mass is 10.1. The van der Waals surface area contributed by atoms with Gasteiger partial charge in [-0.05, 0) is 55.8 Å². The molecule has 1 aromatic heterocycles. The molecule has 2 aromatic carbocycles. The molecule has 0 unspecified atom stereocenters. The molecule has 3 rings (SSSR count). The summed E-state index contributed by atoms with van der Waals surface area (Å²) in [6.07, 6.45) is -1.21. The highest BCUT2D eigenvalue weighted by molar-refractivity contribution is 8.01. The van der Waals surface area contributed by atoms with Gasteiger partial charge in [0, 0.05) is 16.7 Å². The maximum atomic E-state index is 12.7. The molecule has 0 saturated heterocycles. The molecule has 3 aromatic rings. The minimum Gasteiger partial charge on any atom is -0.480 e. The first kappa shape index (κ1) is 24.4. The molecule has 0 saturated carbocycles. The minimum atomic E-state index is -4.38. The number of hydrogen-bond donors (Lipinski definition) is 1. The molecule has 174 valence electrons. The van der Waals surface area contributed by atoms with E-state index in [1.165, 1.54) is 30.1 Å². The molecular weight excluding hydrogens is 457 g/mol. The van der Waals surface area contributed by atoms with Gasteiger partial charge in [-0.1, -0.05) is 12.1 Å². The number of benzene rings is 2. The number of rotatable bonds is 8. The van der Waals surface area contributed by atoms with Gasteiger partial charge in [-0.25, -0.2) is 4.79 Å². The molecule has 0 bridgehead atoms. The van der Waals surface area contributed by atoms with Gasteiger partial charge >= 0.3 is 18.1 Å². The van der Waals surface area contributed by atoms with E-state index in [0.717, 1.165) is 12.1 Å². The first-order valence-electron chi connectivity index (χ1n) is 9.81. The molecule has 0 spiro atoms. The Labute approximate surface area is 192 Å². The minimum absolute atomic E-state index is 0.0195. The van der Waals surface area contributed by atoms with Crippen LogP contribution in [-0.2, 0) is 28.9 Å². The van der Waals surface area contributed by atoms with Gasteiger partial charge in [0.1, 0.15) is 11.4 Å². The van der Waals surface area contributed by atoms with Crippen LogP contribution >= 0.6 is 11.8 Å². The van der Waals surface area contributed by atoms with E-state index in [9.17, 15) is 27.9 Å². The third-order valence-electron chi connectivity index (χ3n) is 4.66. The Morgan fingerprint density at radius 3 is 2.24 bits per heavy atom. The van der Waals surface area contributed by atoms with Crippen LogP contribution in [0.15, 0.2) is 65.8 Å². The summed E-state index contributed by atoms with van der Waals surface area (Å²) in [6, 6.07) is 11.3. The van der Waals surface area contributed by atoms with Crippen LogP contribution in [0.4, 0.5) is 13.2 Å². The fourth-order valence-electron chi connectivity index (χ4n) is 2.78. The predicted octanol–water partition coefficient (Wildman–Crippen LogP) is 5.26. The quantitative estimate of drug-likeness (QED) is 0.351. The van der Waals surface area contributed by atoms with Crippen LogP contribution in [0.1, 0.15) is 40.9 Å². The van der Waals surface area contributed by atoms with Crippen LogP contribution in [0.2, 0.25) is 0 Å². The Morgan fingerprint density at radius 2 is 1.67 bits per heavy atom. The summed E-state index contributed by atoms with van der Waals surface area (Å²) in [5, 5.41) is 13.4. The van der Waals surface area contributed by atoms with E-state index >= 15 is 0 Å². The molecule has 0 aliphatic rings. The zero-order valence-corrected chi connectivity index (χ0v) is 18.6. The highest BCUT2D eigenvalue weighted by Crippen LogP contribution is 2.33. The van der Waals surface area contributed by atoms with Crippen molar-refractivity contribution in [2.75, 3.05) is 0 Å². The monoisotopic (exact) mass is 478 g/mol. The number of carbonyl (C=O) groups is 2. The number of thioether (sulfide) groups is 1. The number of carboxylic acid groups (broad SMARTS) is 1. The van der Waals surface area contributed by atoms with Crippen molar-refractivity contribution in [3.63, 3.8) is 0 Å². The van der Waals surface area contributed by atoms with Crippen molar-refractivity contribution in [3.05, 3.63) is 83.2 Å². The molecule has 0 radical (unpaired) electrons. The van der Waals surface area contributed by atoms with E-state index < -0.39 is 28.4 Å². The fourth-order valence-corrected chi connectivity index (χ4v) is 3.73. The molecule has 1 heterocycles. The largest absolute Gasteiger partial charge is 0.480 e. The standard InChI is InChI=1S/C23H21F3N2O4S/c1-22(2,21(30)31)33-19-9-5-17(6-10-19)20(29)32-14-16-11-27-28(13-16)12-15-3-7-18(8-4-15)23(24,25)26/h3-11,13H,12,14H2,1-2H3,(H,30,31). The summed E-state index contributed by atoms with van der Waals surface area (Å²) >= 11 is 1.17. The van der Waals surface area contributed by atoms with Gasteiger partial charge in [0.15, 0.2) is 0 Å². The Hall–Kier alpha value is -3.27. The zero-order chi connectivity index (χ0) is 24.2. The molecule has 1 N–H and O–H groups in total. The van der Waals surface area contributed by atoms with Crippen molar-refractivity contribution < 1.29 is 32.6 Å². The van der Waals surface area contributed by atoms with Crippen molar-refractivity contribution in [1.29, 1.82) is 0 Å². The lowest BCUT2D eigenvalue weighted by Crippen LogP contribution is -2.26. The number of hydrogen-bond acceptors (Lipinski definition) is 5. The van der Waals surface area contributed by atoms with Crippen molar-refractivity contribution in [1.82, 2.24) is 9.78 Å². The lowest BCUT2D eigenvalue weighted by molar-refractivity contribution is -0.139. The number of nitrogens with zero attached hydrogens (tertiary/aromatic N) is 2. The molecular formula is C23H21F3N2O4S. The number of alkyl halides is 3. The molecule has 0 amide bonds. The molecule has 0 fully saturated rings. The molecule has 0 atom stereocenters. The number of carbonyl (C=O) groups excluding carboxylic acids is 1. The van der Waals surface area contributed by atoms with E-state index in [-0.39, 0.29) is 13.2 Å². The van der Waals surface area contributed by atoms with Crippen LogP contribution < -0.4 is 0 Å². The molecule has 33 heavy (non-hydrogen) atoms. The van der Waals surface area contributed by atoms with E-state index in [4.69, 9.17) is 4.74 Å². The van der Waals surface area contributed by atoms with Crippen molar-refractivity contribution in [2.45, 2.75) is 42.8 Å². The second-order valence-electron chi connectivity index (χ2n) is 7.76. The number of esters is 1. The molecule has 0 aliphatic carbocycles. The predicted molar refractivity (Wildman–Crippen MR) is 116 cm³/mol. The number of ether oxygens (including phenoxy) is 1. The average Bonchev–Trinajstić information content (AvgIpc) is 3.19. The number of aliphatic carboxylic acids is 1. The summed E-state index contributed by atoms with van der Waals surface area (Å²) in [5.74, 6) is -1.48. The van der Waals surface area contributed by atoms with Gasteiger partial charge in [-0.15, -0.1) is 11.8 Å². The van der Waals surface area contributed by atoms with Crippen LogP contribution in [0.5, 0.6) is 0 Å². The van der Waals surface area contributed by atoms with E-state index in [0.29, 0.717) is 21.6 Å². The third-order valence-corrected chi connectivity index (χ3v) is 5.85. The zero-order valence-electron chi connectivity index (χ0n) is 17.8. The van der Waals surface area contributed by atoms with Crippen molar-refractivity contribution >= 4 is 23.7 Å². The number of aromatic nitrogens is 2. The topological polar surface area (TPSA) is 81.4 Å². The maximum absolute atomic E-state index is 12.7. The number of halogens is 3. The van der Waals surface area contributed by atoms with Crippen LogP contribution in [0.25, 0.3) is 0 Å². The van der Waals surface area contributed by atoms with Crippen LogP contribution in [0, 0.1) is 0 Å². The van der Waals surface area contributed by atoms with E-state index in [1.54, 1.807) is 49.0 Å². The summed E-state index contributed by atoms with van der Waals surface area (Å²) in [6.45, 7) is 3.45. The van der Waals surface area contributed by atoms with Crippen molar-refractivity contribution in [2.24, 2.45) is 0 Å². The van der Waals surface area contributed by atoms with Crippen LogP contribution in [-0.4, -0.2) is 31.6 Å². The van der Waals surface area contributed by atoms with Gasteiger partial charge in [0.25, 0.3) is 0 Å². The van der Waals surface area contributed by atoms with E-state index in [1.807, 2.05) is 0 Å². The first-order chi connectivity index (χ1) is 15.4. The lowest BCUT2D eigenvalue weighted by Gasteiger charge is -2.18. The second-order valence-corrected chi connectivity index (χ2v) is 9.46. The van der Waals surface area contributed by atoms with Gasteiger partial charge in [0.05, 0.1) is 23.9 Å². The highest BCUT2D eigenvalue weighted by Gasteiger charge is 2.30. The fraction of sp³-hybridized carbons (Fsp3) is 0.261. The third kappa shape index (κ3) is 6.61. The molecule has 10 heteroatoms. The average molecular weight is 478 g/mol. The molecule has 0 aliphatic heterocycles. The highest BCUT2D eigenvalue weighted by atomic mass is 32.2. The summed E-state index contributed by atoms with van der Waals surface area (Å²) in [7, 11) is 0. The van der Waals surface area contributed by atoms with Crippen LogP contribution in [0.3, 0.4) is 0 Å². The summed E-state index contributed by atoms with van der Waals surface area (Å²) in [5.41, 5.74) is 0.894. The Kier molecular flexibility index (Phi) is 7.16. The van der Waals surface area contributed by atoms with Gasteiger partial charge in [0.2, 0.25) is 0 Å². The summed E-state index contributed by atoms with van der Waals surface area (Å²) in [4.78, 5) is 24.2. The van der Waals surface area contributed by atoms with Gasteiger partial charge in [-0.3, -0.25) is 9.48 Å². The van der Waals surface area contributed by atoms with E-state index in [2.05, 4.69) is 5.10 Å². The van der Waals surface area contributed by atoms with Gasteiger partial charge < -0.3 is 9.84 Å². The maximum Gasteiger partial charge on any atom is 0.416 e. The number of carboxylic acids is 1. The smallest absolute Gasteiger partial charge is 0.416 e.